The van der Waals surface area contributed by atoms with Crippen LogP contribution in [0.15, 0.2) is 28.7 Å². The predicted octanol–water partition coefficient (Wildman–Crippen LogP) is 1.29. The molecule has 1 aromatic heterocycles. The molecule has 2 aromatic rings. The number of hydrogen-bond donors (Lipinski definition) is 1. The van der Waals surface area contributed by atoms with E-state index in [-0.39, 0.29) is 12.4 Å². The molecule has 0 aliphatic rings. The molecule has 1 N–H and O–H groups in total. The summed E-state index contributed by atoms with van der Waals surface area (Å²) in [7, 11) is -0.668. The van der Waals surface area contributed by atoms with Crippen molar-refractivity contribution >= 4 is 21.8 Å². The van der Waals surface area contributed by atoms with E-state index in [9.17, 15) is 8.42 Å². The molecule has 0 unspecified atom stereocenters. The van der Waals surface area contributed by atoms with Crippen molar-refractivity contribution in [2.75, 3.05) is 14.1 Å². The minimum atomic E-state index is -3.52. The Morgan fingerprint density at radius 1 is 1.25 bits per heavy atom. The molecule has 2 rings (SSSR count). The predicted molar refractivity (Wildman–Crippen MR) is 74.2 cm³/mol. The van der Waals surface area contributed by atoms with Crippen LogP contribution in [0.1, 0.15) is 5.89 Å². The Labute approximate surface area is 121 Å². The van der Waals surface area contributed by atoms with Crippen LogP contribution in [0.25, 0.3) is 11.5 Å². The Morgan fingerprint density at radius 2 is 1.90 bits per heavy atom. The van der Waals surface area contributed by atoms with Crippen molar-refractivity contribution in [3.8, 4) is 11.5 Å². The van der Waals surface area contributed by atoms with Crippen LogP contribution in [0.2, 0.25) is 5.02 Å². The van der Waals surface area contributed by atoms with E-state index in [1.54, 1.807) is 24.3 Å². The standard InChI is InChI=1S/C11H13ClN4O3S/c1-16(2)20(17,18)13-7-10-14-15-11(19-10)8-3-5-9(12)6-4-8/h3-6,13H,7H2,1-2H3. The second-order valence-electron chi connectivity index (χ2n) is 4.12. The third kappa shape index (κ3) is 3.54. The fraction of sp³-hybridized carbons (Fsp3) is 0.273. The fourth-order valence-electron chi connectivity index (χ4n) is 1.32. The third-order valence-electron chi connectivity index (χ3n) is 2.44. The highest BCUT2D eigenvalue weighted by atomic mass is 35.5. The molecule has 0 radical (unpaired) electrons. The Morgan fingerprint density at radius 3 is 2.50 bits per heavy atom. The van der Waals surface area contributed by atoms with Gasteiger partial charge in [0.2, 0.25) is 11.8 Å². The van der Waals surface area contributed by atoms with Gasteiger partial charge in [0.1, 0.15) is 0 Å². The van der Waals surface area contributed by atoms with Gasteiger partial charge in [-0.15, -0.1) is 10.2 Å². The van der Waals surface area contributed by atoms with E-state index >= 15 is 0 Å². The van der Waals surface area contributed by atoms with Crippen LogP contribution >= 0.6 is 11.6 Å². The molecule has 7 nitrogen and oxygen atoms in total. The summed E-state index contributed by atoms with van der Waals surface area (Å²) >= 11 is 5.79. The Balaban J connectivity index is 2.08. The molecule has 9 heteroatoms. The van der Waals surface area contributed by atoms with Crippen molar-refractivity contribution in [2.45, 2.75) is 6.54 Å². The van der Waals surface area contributed by atoms with Crippen LogP contribution in [-0.2, 0) is 16.8 Å². The summed E-state index contributed by atoms with van der Waals surface area (Å²) in [5.74, 6) is 0.487. The van der Waals surface area contributed by atoms with Gasteiger partial charge in [-0.3, -0.25) is 0 Å². The zero-order valence-electron chi connectivity index (χ0n) is 10.9. The lowest BCUT2D eigenvalue weighted by atomic mass is 10.2. The lowest BCUT2D eigenvalue weighted by Gasteiger charge is -2.10. The number of rotatable bonds is 5. The molecule has 0 bridgehead atoms. The molecule has 0 fully saturated rings. The van der Waals surface area contributed by atoms with Crippen LogP contribution in [-0.4, -0.2) is 37.0 Å². The van der Waals surface area contributed by atoms with Crippen LogP contribution in [0, 0.1) is 0 Å². The van der Waals surface area contributed by atoms with Gasteiger partial charge in [-0.25, -0.2) is 0 Å². The summed E-state index contributed by atoms with van der Waals surface area (Å²) < 4.78 is 31.8. The van der Waals surface area contributed by atoms with Crippen molar-refractivity contribution in [3.63, 3.8) is 0 Å². The summed E-state index contributed by atoms with van der Waals surface area (Å²) in [5, 5.41) is 8.24. The Hall–Kier alpha value is -1.48. The van der Waals surface area contributed by atoms with Gasteiger partial charge in [-0.1, -0.05) is 11.6 Å². The van der Waals surface area contributed by atoms with Gasteiger partial charge in [0.25, 0.3) is 10.2 Å². The Kier molecular flexibility index (Phi) is 4.39. The quantitative estimate of drug-likeness (QED) is 0.898. The van der Waals surface area contributed by atoms with E-state index in [0.717, 1.165) is 4.31 Å². The average molecular weight is 317 g/mol. The van der Waals surface area contributed by atoms with Crippen LogP contribution < -0.4 is 4.72 Å². The first kappa shape index (κ1) is 14.9. The molecule has 1 aromatic carbocycles. The lowest BCUT2D eigenvalue weighted by Crippen LogP contribution is -2.35. The van der Waals surface area contributed by atoms with E-state index in [1.807, 2.05) is 0 Å². The normalized spacial score (nSPS) is 12.0. The van der Waals surface area contributed by atoms with Crippen LogP contribution in [0.3, 0.4) is 0 Å². The summed E-state index contributed by atoms with van der Waals surface area (Å²) in [6.07, 6.45) is 0. The SMILES string of the molecule is CN(C)S(=O)(=O)NCc1nnc(-c2ccc(Cl)cc2)o1. The van der Waals surface area contributed by atoms with Crippen molar-refractivity contribution in [3.05, 3.63) is 35.2 Å². The zero-order valence-corrected chi connectivity index (χ0v) is 12.4. The van der Waals surface area contributed by atoms with Crippen molar-refractivity contribution in [1.29, 1.82) is 0 Å². The van der Waals surface area contributed by atoms with Gasteiger partial charge in [0.05, 0.1) is 6.54 Å². The van der Waals surface area contributed by atoms with E-state index in [2.05, 4.69) is 14.9 Å². The van der Waals surface area contributed by atoms with E-state index in [0.29, 0.717) is 16.5 Å². The molecule has 0 amide bonds. The molecule has 0 saturated carbocycles. The third-order valence-corrected chi connectivity index (χ3v) is 4.17. The number of nitrogens with one attached hydrogen (secondary N) is 1. The minimum Gasteiger partial charge on any atom is -0.419 e. The summed E-state index contributed by atoms with van der Waals surface area (Å²) in [5.41, 5.74) is 0.712. The topological polar surface area (TPSA) is 88.3 Å². The van der Waals surface area contributed by atoms with Crippen molar-refractivity contribution in [2.24, 2.45) is 0 Å². The molecular formula is C11H13ClN4O3S. The average Bonchev–Trinajstić information content (AvgIpc) is 2.86. The van der Waals surface area contributed by atoms with Gasteiger partial charge in [-0.2, -0.15) is 17.4 Å². The molecule has 108 valence electrons. The number of halogens is 1. The maximum Gasteiger partial charge on any atom is 0.279 e. The first-order chi connectivity index (χ1) is 9.38. The first-order valence-electron chi connectivity index (χ1n) is 5.64. The van der Waals surface area contributed by atoms with Gasteiger partial charge >= 0.3 is 0 Å². The van der Waals surface area contributed by atoms with E-state index < -0.39 is 10.2 Å². The largest absolute Gasteiger partial charge is 0.419 e. The number of benzene rings is 1. The smallest absolute Gasteiger partial charge is 0.279 e. The molecule has 0 aliphatic carbocycles. The second-order valence-corrected chi connectivity index (χ2v) is 6.52. The van der Waals surface area contributed by atoms with Gasteiger partial charge in [0, 0.05) is 24.7 Å². The van der Waals surface area contributed by atoms with Gasteiger partial charge < -0.3 is 4.42 Å². The fourth-order valence-corrected chi connectivity index (χ4v) is 2.01. The Bertz CT molecular complexity index is 682. The number of aromatic nitrogens is 2. The van der Waals surface area contributed by atoms with Crippen LogP contribution in [0.4, 0.5) is 0 Å². The summed E-state index contributed by atoms with van der Waals surface area (Å²) in [6.45, 7) is -0.0684. The highest BCUT2D eigenvalue weighted by molar-refractivity contribution is 7.87. The van der Waals surface area contributed by atoms with Gasteiger partial charge in [-0.05, 0) is 24.3 Å². The van der Waals surface area contributed by atoms with E-state index in [1.165, 1.54) is 14.1 Å². The second kappa shape index (κ2) is 5.88. The maximum absolute atomic E-state index is 11.5. The molecule has 0 atom stereocenters. The zero-order chi connectivity index (χ0) is 14.8. The monoisotopic (exact) mass is 316 g/mol. The number of nitrogens with zero attached hydrogens (tertiary/aromatic N) is 3. The summed E-state index contributed by atoms with van der Waals surface area (Å²) in [6, 6.07) is 6.89. The molecule has 1 heterocycles. The highest BCUT2D eigenvalue weighted by Crippen LogP contribution is 2.20. The van der Waals surface area contributed by atoms with Gasteiger partial charge in [0.15, 0.2) is 0 Å². The lowest BCUT2D eigenvalue weighted by molar-refractivity contribution is 0.474. The highest BCUT2D eigenvalue weighted by Gasteiger charge is 2.15. The molecule has 0 saturated heterocycles. The number of hydrogen-bond acceptors (Lipinski definition) is 5. The molecule has 0 aliphatic heterocycles. The maximum atomic E-state index is 11.5. The van der Waals surface area contributed by atoms with E-state index in [4.69, 9.17) is 16.0 Å². The summed E-state index contributed by atoms with van der Waals surface area (Å²) in [4.78, 5) is 0. The molecular weight excluding hydrogens is 304 g/mol. The minimum absolute atomic E-state index is 0.0684. The molecule has 0 spiro atoms. The van der Waals surface area contributed by atoms with Crippen LogP contribution in [0.5, 0.6) is 0 Å². The van der Waals surface area contributed by atoms with Crippen molar-refractivity contribution in [1.82, 2.24) is 19.2 Å². The van der Waals surface area contributed by atoms with Crippen molar-refractivity contribution < 1.29 is 12.8 Å². The first-order valence-corrected chi connectivity index (χ1v) is 7.46. The molecule has 20 heavy (non-hydrogen) atoms.